The molecule has 5 aromatic rings. The number of nitrogens with zero attached hydrogens (tertiary/aromatic N) is 4. The molecule has 0 bridgehead atoms. The van der Waals surface area contributed by atoms with E-state index in [1.807, 2.05) is 66.9 Å². The van der Waals surface area contributed by atoms with Crippen LogP contribution in [0.25, 0.3) is 27.3 Å². The van der Waals surface area contributed by atoms with Crippen molar-refractivity contribution in [1.29, 1.82) is 0 Å². The number of fused-ring (bicyclic) bond motifs is 1. The van der Waals surface area contributed by atoms with Crippen LogP contribution in [-0.2, 0) is 5.75 Å². The van der Waals surface area contributed by atoms with Crippen LogP contribution in [0.1, 0.15) is 11.3 Å². The van der Waals surface area contributed by atoms with Gasteiger partial charge in [0.25, 0.3) is 5.56 Å². The smallest absolute Gasteiger partial charge is 0.267 e. The van der Waals surface area contributed by atoms with Crippen molar-refractivity contribution in [2.24, 2.45) is 0 Å². The zero-order valence-electron chi connectivity index (χ0n) is 18.1. The maximum atomic E-state index is 13.3. The molecule has 3 aromatic heterocycles. The van der Waals surface area contributed by atoms with Gasteiger partial charge in [0, 0.05) is 22.9 Å². The number of methoxy groups -OCH3 is 1. The molecule has 8 heteroatoms. The highest BCUT2D eigenvalue weighted by atomic mass is 32.2. The number of thioether (sulfide) groups is 1. The first-order chi connectivity index (χ1) is 16.1. The van der Waals surface area contributed by atoms with Gasteiger partial charge in [-0.1, -0.05) is 30.0 Å². The Kier molecular flexibility index (Phi) is 5.93. The van der Waals surface area contributed by atoms with Crippen LogP contribution < -0.4 is 10.3 Å². The van der Waals surface area contributed by atoms with E-state index in [1.54, 1.807) is 35.3 Å². The van der Waals surface area contributed by atoms with Gasteiger partial charge in [0.15, 0.2) is 5.16 Å². The van der Waals surface area contributed by atoms with Crippen LogP contribution in [0.2, 0.25) is 0 Å². The highest BCUT2D eigenvalue weighted by molar-refractivity contribution is 7.98. The van der Waals surface area contributed by atoms with E-state index < -0.39 is 0 Å². The molecule has 0 N–H and O–H groups in total. The minimum atomic E-state index is -0.128. The van der Waals surface area contributed by atoms with E-state index >= 15 is 0 Å². The second-order valence-electron chi connectivity index (χ2n) is 7.41. The summed E-state index contributed by atoms with van der Waals surface area (Å²) in [5, 5.41) is 4.14. The molecule has 0 atom stereocenters. The van der Waals surface area contributed by atoms with Crippen LogP contribution in [0.15, 0.2) is 82.2 Å². The van der Waals surface area contributed by atoms with Crippen LogP contribution in [-0.4, -0.2) is 26.6 Å². The molecule has 0 fully saturated rings. The Morgan fingerprint density at radius 3 is 2.61 bits per heavy atom. The Morgan fingerprint density at radius 1 is 1.03 bits per heavy atom. The topological polar surface area (TPSA) is 69.9 Å². The predicted molar refractivity (Wildman–Crippen MR) is 134 cm³/mol. The van der Waals surface area contributed by atoms with Crippen molar-refractivity contribution >= 4 is 34.0 Å². The van der Waals surface area contributed by atoms with Crippen LogP contribution in [0.5, 0.6) is 5.75 Å². The summed E-state index contributed by atoms with van der Waals surface area (Å²) in [5.74, 6) is 1.96. The molecule has 5 rings (SSSR count). The molecule has 33 heavy (non-hydrogen) atoms. The Hall–Kier alpha value is -3.49. The molecular formula is C25H20N4O2S2. The van der Waals surface area contributed by atoms with Crippen molar-refractivity contribution in [2.45, 2.75) is 17.8 Å². The standard InChI is InChI=1S/C25H20N4O2S2/c1-16-7-12-22(26-13-16)29-24(30)20-5-3-4-6-21(20)28-25(29)33-15-18-14-32-23(27-18)17-8-10-19(31-2)11-9-17/h3-14H,15H2,1-2H3. The summed E-state index contributed by atoms with van der Waals surface area (Å²) in [6, 6.07) is 19.0. The minimum absolute atomic E-state index is 0.128. The van der Waals surface area contributed by atoms with Gasteiger partial charge >= 0.3 is 0 Å². The molecule has 0 spiro atoms. The number of hydrogen-bond acceptors (Lipinski definition) is 7. The third-order valence-electron chi connectivity index (χ3n) is 5.11. The van der Waals surface area contributed by atoms with E-state index in [4.69, 9.17) is 14.7 Å². The fourth-order valence-electron chi connectivity index (χ4n) is 3.38. The first kappa shape index (κ1) is 21.4. The number of pyridine rings is 1. The Balaban J connectivity index is 1.47. The lowest BCUT2D eigenvalue weighted by Crippen LogP contribution is -2.22. The second-order valence-corrected chi connectivity index (χ2v) is 9.21. The Morgan fingerprint density at radius 2 is 1.85 bits per heavy atom. The van der Waals surface area contributed by atoms with Gasteiger partial charge < -0.3 is 4.74 Å². The summed E-state index contributed by atoms with van der Waals surface area (Å²) in [6.07, 6.45) is 1.76. The quantitative estimate of drug-likeness (QED) is 0.240. The fourth-order valence-corrected chi connectivity index (χ4v) is 5.21. The molecule has 0 amide bonds. The number of para-hydroxylation sites is 1. The van der Waals surface area contributed by atoms with Gasteiger partial charge in [-0.2, -0.15) is 0 Å². The summed E-state index contributed by atoms with van der Waals surface area (Å²) in [6.45, 7) is 1.97. The van der Waals surface area contributed by atoms with E-state index in [2.05, 4.69) is 4.98 Å². The Labute approximate surface area is 199 Å². The first-order valence-corrected chi connectivity index (χ1v) is 12.2. The predicted octanol–water partition coefficient (Wildman–Crippen LogP) is 5.51. The van der Waals surface area contributed by atoms with Crippen molar-refractivity contribution in [2.75, 3.05) is 7.11 Å². The van der Waals surface area contributed by atoms with Gasteiger partial charge in [0.1, 0.15) is 16.6 Å². The van der Waals surface area contributed by atoms with Gasteiger partial charge in [-0.3, -0.25) is 4.79 Å². The van der Waals surface area contributed by atoms with Crippen LogP contribution >= 0.6 is 23.1 Å². The molecule has 0 saturated carbocycles. The lowest BCUT2D eigenvalue weighted by Gasteiger charge is -2.12. The zero-order chi connectivity index (χ0) is 22.8. The largest absolute Gasteiger partial charge is 0.497 e. The van der Waals surface area contributed by atoms with Gasteiger partial charge in [0.2, 0.25) is 0 Å². The third kappa shape index (κ3) is 4.40. The van der Waals surface area contributed by atoms with Gasteiger partial charge in [0.05, 0.1) is 23.7 Å². The SMILES string of the molecule is COc1ccc(-c2nc(CSc3nc4ccccc4c(=O)n3-c3ccc(C)cn3)cs2)cc1. The van der Waals surface area contributed by atoms with Gasteiger partial charge in [-0.15, -0.1) is 11.3 Å². The molecule has 0 radical (unpaired) electrons. The molecule has 0 aliphatic heterocycles. The normalized spacial score (nSPS) is 11.1. The molecule has 0 aliphatic rings. The van der Waals surface area contributed by atoms with Crippen molar-refractivity contribution in [3.05, 3.63) is 93.9 Å². The lowest BCUT2D eigenvalue weighted by molar-refractivity contribution is 0.415. The number of benzene rings is 2. The van der Waals surface area contributed by atoms with E-state index in [0.29, 0.717) is 27.6 Å². The molecular weight excluding hydrogens is 452 g/mol. The second kappa shape index (κ2) is 9.17. The average molecular weight is 473 g/mol. The molecule has 3 heterocycles. The first-order valence-electron chi connectivity index (χ1n) is 10.3. The van der Waals surface area contributed by atoms with Gasteiger partial charge in [-0.05, 0) is 55.0 Å². The van der Waals surface area contributed by atoms with Crippen molar-refractivity contribution in [3.63, 3.8) is 0 Å². The number of ether oxygens (including phenoxy) is 1. The van der Waals surface area contributed by atoms with E-state index in [-0.39, 0.29) is 5.56 Å². The molecule has 164 valence electrons. The van der Waals surface area contributed by atoms with Crippen molar-refractivity contribution < 1.29 is 4.74 Å². The minimum Gasteiger partial charge on any atom is -0.497 e. The Bertz CT molecular complexity index is 1480. The highest BCUT2D eigenvalue weighted by Gasteiger charge is 2.15. The summed E-state index contributed by atoms with van der Waals surface area (Å²) >= 11 is 3.07. The van der Waals surface area contributed by atoms with E-state index in [9.17, 15) is 4.79 Å². The summed E-state index contributed by atoms with van der Waals surface area (Å²) < 4.78 is 6.82. The summed E-state index contributed by atoms with van der Waals surface area (Å²) in [5.41, 5.74) is 3.55. The monoisotopic (exact) mass is 472 g/mol. The summed E-state index contributed by atoms with van der Waals surface area (Å²) in [4.78, 5) is 27.4. The average Bonchev–Trinajstić information content (AvgIpc) is 3.33. The molecule has 0 aliphatic carbocycles. The van der Waals surface area contributed by atoms with Crippen molar-refractivity contribution in [1.82, 2.24) is 19.5 Å². The van der Waals surface area contributed by atoms with Crippen LogP contribution in [0.4, 0.5) is 0 Å². The number of thiazole rings is 1. The summed E-state index contributed by atoms with van der Waals surface area (Å²) in [7, 11) is 1.65. The number of aromatic nitrogens is 4. The van der Waals surface area contributed by atoms with E-state index in [1.165, 1.54) is 11.8 Å². The maximum Gasteiger partial charge on any atom is 0.267 e. The third-order valence-corrected chi connectivity index (χ3v) is 7.02. The fraction of sp³-hybridized carbons (Fsp3) is 0.120. The van der Waals surface area contributed by atoms with E-state index in [0.717, 1.165) is 27.6 Å². The maximum absolute atomic E-state index is 13.3. The van der Waals surface area contributed by atoms with Crippen LogP contribution in [0.3, 0.4) is 0 Å². The lowest BCUT2D eigenvalue weighted by atomic mass is 10.2. The van der Waals surface area contributed by atoms with Crippen LogP contribution in [0, 0.1) is 6.92 Å². The van der Waals surface area contributed by atoms with Crippen molar-refractivity contribution in [3.8, 4) is 22.1 Å². The molecule has 6 nitrogen and oxygen atoms in total. The molecule has 2 aromatic carbocycles. The van der Waals surface area contributed by atoms with Gasteiger partial charge in [-0.25, -0.2) is 19.5 Å². The highest BCUT2D eigenvalue weighted by Crippen LogP contribution is 2.29. The molecule has 0 unspecified atom stereocenters. The number of hydrogen-bond donors (Lipinski definition) is 0. The zero-order valence-corrected chi connectivity index (χ0v) is 19.7. The number of aryl methyl sites for hydroxylation is 1. The molecule has 0 saturated heterocycles. The number of rotatable bonds is 6.